The quantitative estimate of drug-likeness (QED) is 0.602. The highest BCUT2D eigenvalue weighted by Crippen LogP contribution is 2.17. The van der Waals surface area contributed by atoms with Gasteiger partial charge in [0, 0.05) is 4.90 Å². The molecule has 0 bridgehead atoms. The van der Waals surface area contributed by atoms with Gasteiger partial charge in [-0.05, 0) is 18.2 Å². The van der Waals surface area contributed by atoms with Crippen molar-refractivity contribution in [1.29, 1.82) is 0 Å². The van der Waals surface area contributed by atoms with Crippen molar-refractivity contribution >= 4 is 11.8 Å². The van der Waals surface area contributed by atoms with E-state index in [0.717, 1.165) is 0 Å². The minimum atomic E-state index is 1.18. The number of thioether (sulfide) groups is 1. The minimum Gasteiger partial charge on any atom is -0.471 e. The summed E-state index contributed by atoms with van der Waals surface area (Å²) in [5.41, 5.74) is 0. The second-order valence-corrected chi connectivity index (χ2v) is 2.98. The summed E-state index contributed by atoms with van der Waals surface area (Å²) in [6.45, 7) is 2.17. The normalized spacial score (nSPS) is 9.89. The van der Waals surface area contributed by atoms with Crippen LogP contribution in [0.25, 0.3) is 0 Å². The van der Waals surface area contributed by atoms with Crippen molar-refractivity contribution in [3.05, 3.63) is 18.6 Å². The van der Waals surface area contributed by atoms with Gasteiger partial charge in [0.2, 0.25) is 0 Å². The lowest BCUT2D eigenvalue weighted by molar-refractivity contribution is 0.562. The van der Waals surface area contributed by atoms with Crippen LogP contribution < -0.4 is 0 Å². The molecule has 0 amide bonds. The molecule has 1 heterocycles. The summed E-state index contributed by atoms with van der Waals surface area (Å²) in [6, 6.07) is 1.99. The standard InChI is InChI=1S/C7H10OS/c1-2-5-9-7-3-4-8-6-7/h3-4,6H,2,5H2,1H3. The Morgan fingerprint density at radius 2 is 2.56 bits per heavy atom. The van der Waals surface area contributed by atoms with Crippen LogP contribution in [-0.2, 0) is 0 Å². The maximum Gasteiger partial charge on any atom is 0.104 e. The van der Waals surface area contributed by atoms with Gasteiger partial charge in [-0.15, -0.1) is 11.8 Å². The van der Waals surface area contributed by atoms with Gasteiger partial charge in [0.1, 0.15) is 6.26 Å². The zero-order valence-electron chi connectivity index (χ0n) is 5.46. The van der Waals surface area contributed by atoms with E-state index < -0.39 is 0 Å². The Bertz CT molecular complexity index is 146. The summed E-state index contributed by atoms with van der Waals surface area (Å²) < 4.78 is 4.89. The van der Waals surface area contributed by atoms with Crippen molar-refractivity contribution < 1.29 is 4.42 Å². The second-order valence-electron chi connectivity index (χ2n) is 1.81. The molecule has 0 saturated carbocycles. The Kier molecular flexibility index (Phi) is 2.71. The van der Waals surface area contributed by atoms with Crippen LogP contribution in [0, 0.1) is 0 Å². The third-order valence-electron chi connectivity index (χ3n) is 0.968. The van der Waals surface area contributed by atoms with E-state index in [-0.39, 0.29) is 0 Å². The van der Waals surface area contributed by atoms with Crippen molar-refractivity contribution in [2.24, 2.45) is 0 Å². The first-order valence-electron chi connectivity index (χ1n) is 3.08. The van der Waals surface area contributed by atoms with Crippen LogP contribution in [0.2, 0.25) is 0 Å². The van der Waals surface area contributed by atoms with Crippen LogP contribution in [0.4, 0.5) is 0 Å². The van der Waals surface area contributed by atoms with Crippen LogP contribution in [0.3, 0.4) is 0 Å². The fourth-order valence-electron chi connectivity index (χ4n) is 0.554. The van der Waals surface area contributed by atoms with Crippen LogP contribution in [-0.4, -0.2) is 5.75 Å². The highest BCUT2D eigenvalue weighted by molar-refractivity contribution is 7.99. The molecule has 0 unspecified atom stereocenters. The molecule has 1 aromatic rings. The molecule has 1 aromatic heterocycles. The average molecular weight is 142 g/mol. The summed E-state index contributed by atoms with van der Waals surface area (Å²) in [7, 11) is 0. The molecule has 0 atom stereocenters. The van der Waals surface area contributed by atoms with E-state index in [4.69, 9.17) is 4.42 Å². The summed E-state index contributed by atoms with van der Waals surface area (Å²) in [5, 5.41) is 0. The topological polar surface area (TPSA) is 13.1 Å². The highest BCUT2D eigenvalue weighted by Gasteiger charge is 1.90. The molecule has 0 aliphatic carbocycles. The highest BCUT2D eigenvalue weighted by atomic mass is 32.2. The second kappa shape index (κ2) is 3.62. The number of hydrogen-bond acceptors (Lipinski definition) is 2. The number of furan rings is 1. The van der Waals surface area contributed by atoms with E-state index in [1.807, 2.05) is 17.8 Å². The number of hydrogen-bond donors (Lipinski definition) is 0. The molecule has 1 rings (SSSR count). The largest absolute Gasteiger partial charge is 0.471 e. The van der Waals surface area contributed by atoms with E-state index in [1.54, 1.807) is 12.5 Å². The third-order valence-corrected chi connectivity index (χ3v) is 2.15. The summed E-state index contributed by atoms with van der Waals surface area (Å²) in [5.74, 6) is 1.18. The monoisotopic (exact) mass is 142 g/mol. The van der Waals surface area contributed by atoms with Crippen LogP contribution in [0.1, 0.15) is 13.3 Å². The fourth-order valence-corrected chi connectivity index (χ4v) is 1.27. The van der Waals surface area contributed by atoms with E-state index in [2.05, 4.69) is 6.92 Å². The Labute approximate surface area is 59.4 Å². The predicted octanol–water partition coefficient (Wildman–Crippen LogP) is 2.78. The van der Waals surface area contributed by atoms with Crippen molar-refractivity contribution in [3.8, 4) is 0 Å². The lowest BCUT2D eigenvalue weighted by Crippen LogP contribution is -1.69. The van der Waals surface area contributed by atoms with Gasteiger partial charge in [0.05, 0.1) is 6.26 Å². The zero-order valence-corrected chi connectivity index (χ0v) is 6.28. The first kappa shape index (κ1) is 6.75. The van der Waals surface area contributed by atoms with Gasteiger partial charge < -0.3 is 4.42 Å². The molecule has 1 nitrogen and oxygen atoms in total. The maximum absolute atomic E-state index is 4.89. The van der Waals surface area contributed by atoms with Gasteiger partial charge in [-0.2, -0.15) is 0 Å². The Morgan fingerprint density at radius 1 is 1.67 bits per heavy atom. The van der Waals surface area contributed by atoms with E-state index in [9.17, 15) is 0 Å². The van der Waals surface area contributed by atoms with E-state index in [0.29, 0.717) is 0 Å². The van der Waals surface area contributed by atoms with Gasteiger partial charge in [0.25, 0.3) is 0 Å². The summed E-state index contributed by atoms with van der Waals surface area (Å²) >= 11 is 1.83. The van der Waals surface area contributed by atoms with Crippen molar-refractivity contribution in [2.75, 3.05) is 5.75 Å². The fraction of sp³-hybridized carbons (Fsp3) is 0.429. The molecular weight excluding hydrogens is 132 g/mol. The lowest BCUT2D eigenvalue weighted by Gasteiger charge is -1.89. The van der Waals surface area contributed by atoms with Crippen LogP contribution >= 0.6 is 11.8 Å². The van der Waals surface area contributed by atoms with Gasteiger partial charge in [-0.1, -0.05) is 6.92 Å². The van der Waals surface area contributed by atoms with Crippen LogP contribution in [0.15, 0.2) is 27.9 Å². The van der Waals surface area contributed by atoms with Crippen molar-refractivity contribution in [1.82, 2.24) is 0 Å². The molecular formula is C7H10OS. The molecule has 0 radical (unpaired) electrons. The summed E-state index contributed by atoms with van der Waals surface area (Å²) in [6.07, 6.45) is 4.70. The van der Waals surface area contributed by atoms with Crippen molar-refractivity contribution in [2.45, 2.75) is 18.2 Å². The van der Waals surface area contributed by atoms with E-state index >= 15 is 0 Å². The molecule has 50 valence electrons. The van der Waals surface area contributed by atoms with Crippen molar-refractivity contribution in [3.63, 3.8) is 0 Å². The molecule has 0 N–H and O–H groups in total. The van der Waals surface area contributed by atoms with Gasteiger partial charge >= 0.3 is 0 Å². The first-order valence-corrected chi connectivity index (χ1v) is 4.07. The van der Waals surface area contributed by atoms with Gasteiger partial charge in [-0.25, -0.2) is 0 Å². The first-order chi connectivity index (χ1) is 4.43. The molecule has 9 heavy (non-hydrogen) atoms. The maximum atomic E-state index is 4.89. The average Bonchev–Trinajstić information content (AvgIpc) is 2.34. The van der Waals surface area contributed by atoms with Crippen LogP contribution in [0.5, 0.6) is 0 Å². The molecule has 0 aromatic carbocycles. The predicted molar refractivity (Wildman–Crippen MR) is 39.7 cm³/mol. The SMILES string of the molecule is CCCSc1ccoc1. The Hall–Kier alpha value is -0.370. The van der Waals surface area contributed by atoms with E-state index in [1.165, 1.54) is 17.1 Å². The van der Waals surface area contributed by atoms with Gasteiger partial charge in [0.15, 0.2) is 0 Å². The smallest absolute Gasteiger partial charge is 0.104 e. The lowest BCUT2D eigenvalue weighted by atomic mass is 10.6. The molecule has 0 aliphatic rings. The van der Waals surface area contributed by atoms with Gasteiger partial charge in [-0.3, -0.25) is 0 Å². The third kappa shape index (κ3) is 2.14. The minimum absolute atomic E-state index is 1.18. The molecule has 0 fully saturated rings. The summed E-state index contributed by atoms with van der Waals surface area (Å²) in [4.78, 5) is 1.23. The molecule has 2 heteroatoms. The molecule has 0 spiro atoms. The molecule has 0 aliphatic heterocycles. The molecule has 0 saturated heterocycles. The number of rotatable bonds is 3. The Morgan fingerprint density at radius 3 is 3.11 bits per heavy atom. The zero-order chi connectivity index (χ0) is 6.53. The Balaban J connectivity index is 2.30.